The first kappa shape index (κ1) is 8.57. The molecule has 0 fully saturated rings. The Morgan fingerprint density at radius 1 is 1.46 bits per heavy atom. The van der Waals surface area contributed by atoms with Crippen LogP contribution < -0.4 is 5.32 Å². The van der Waals surface area contributed by atoms with Crippen LogP contribution in [0.5, 0.6) is 0 Å². The van der Waals surface area contributed by atoms with Crippen LogP contribution in [0.15, 0.2) is 18.2 Å². The molecule has 2 heteroatoms. The van der Waals surface area contributed by atoms with Crippen LogP contribution in [-0.2, 0) is 11.2 Å². The number of methoxy groups -OCH3 is 1. The first-order valence-corrected chi connectivity index (χ1v) is 4.66. The normalized spacial score (nSPS) is 20.6. The fraction of sp³-hybridized carbons (Fsp3) is 0.455. The smallest absolute Gasteiger partial charge is 0.0784 e. The summed E-state index contributed by atoms with van der Waals surface area (Å²) < 4.78 is 5.33. The van der Waals surface area contributed by atoms with E-state index in [1.165, 1.54) is 16.8 Å². The van der Waals surface area contributed by atoms with Gasteiger partial charge in [-0.05, 0) is 18.1 Å². The second-order valence-corrected chi connectivity index (χ2v) is 3.55. The molecule has 1 unspecified atom stereocenters. The number of ether oxygens (including phenoxy) is 1. The van der Waals surface area contributed by atoms with Gasteiger partial charge in [-0.15, -0.1) is 0 Å². The third-order valence-corrected chi connectivity index (χ3v) is 2.65. The molecule has 0 bridgehead atoms. The van der Waals surface area contributed by atoms with E-state index in [4.69, 9.17) is 4.74 Å². The van der Waals surface area contributed by atoms with Crippen molar-refractivity contribution in [2.45, 2.75) is 19.4 Å². The van der Waals surface area contributed by atoms with E-state index in [0.717, 1.165) is 13.0 Å². The molecule has 1 atom stereocenters. The lowest BCUT2D eigenvalue weighted by Gasteiger charge is -2.26. The Hall–Kier alpha value is -1.02. The molecule has 0 saturated heterocycles. The molecule has 1 heterocycles. The number of para-hydroxylation sites is 1. The van der Waals surface area contributed by atoms with E-state index in [1.54, 1.807) is 7.11 Å². The topological polar surface area (TPSA) is 21.3 Å². The minimum Gasteiger partial charge on any atom is -0.382 e. The van der Waals surface area contributed by atoms with Gasteiger partial charge in [-0.25, -0.2) is 0 Å². The van der Waals surface area contributed by atoms with Crippen LogP contribution >= 0.6 is 0 Å². The van der Waals surface area contributed by atoms with E-state index in [9.17, 15) is 0 Å². The molecule has 0 spiro atoms. The van der Waals surface area contributed by atoms with Gasteiger partial charge in [0.2, 0.25) is 0 Å². The maximum absolute atomic E-state index is 5.33. The zero-order valence-corrected chi connectivity index (χ0v) is 8.13. The molecule has 1 aromatic carbocycles. The third kappa shape index (κ3) is 1.54. The number of aryl methyl sites for hydroxylation is 1. The van der Waals surface area contributed by atoms with Crippen LogP contribution in [0.25, 0.3) is 0 Å². The van der Waals surface area contributed by atoms with Gasteiger partial charge in [-0.2, -0.15) is 0 Å². The molecular formula is C11H15NO. The van der Waals surface area contributed by atoms with Crippen molar-refractivity contribution in [3.63, 3.8) is 0 Å². The second kappa shape index (κ2) is 3.38. The number of nitrogens with one attached hydrogen (secondary N) is 1. The average molecular weight is 177 g/mol. The molecule has 1 N–H and O–H groups in total. The Kier molecular flexibility index (Phi) is 2.23. The molecule has 0 aliphatic carbocycles. The highest BCUT2D eigenvalue weighted by molar-refractivity contribution is 5.59. The van der Waals surface area contributed by atoms with Crippen LogP contribution in [0, 0.1) is 6.92 Å². The average Bonchev–Trinajstić information content (AvgIpc) is 2.18. The number of hydrogen-bond acceptors (Lipinski definition) is 2. The SMILES string of the molecule is COC1CNc2c(C)cccc2C1. The number of benzene rings is 1. The van der Waals surface area contributed by atoms with Crippen molar-refractivity contribution >= 4 is 5.69 Å². The van der Waals surface area contributed by atoms with Crippen molar-refractivity contribution in [1.82, 2.24) is 0 Å². The fourth-order valence-electron chi connectivity index (χ4n) is 1.85. The molecule has 2 nitrogen and oxygen atoms in total. The second-order valence-electron chi connectivity index (χ2n) is 3.55. The van der Waals surface area contributed by atoms with Crippen molar-refractivity contribution in [3.05, 3.63) is 29.3 Å². The van der Waals surface area contributed by atoms with Crippen molar-refractivity contribution in [2.24, 2.45) is 0 Å². The Labute approximate surface area is 78.9 Å². The van der Waals surface area contributed by atoms with Crippen LogP contribution in [0.3, 0.4) is 0 Å². The van der Waals surface area contributed by atoms with Crippen LogP contribution in [0.4, 0.5) is 5.69 Å². The summed E-state index contributed by atoms with van der Waals surface area (Å²) >= 11 is 0. The molecule has 0 saturated carbocycles. The zero-order chi connectivity index (χ0) is 9.26. The highest BCUT2D eigenvalue weighted by Crippen LogP contribution is 2.25. The highest BCUT2D eigenvalue weighted by Gasteiger charge is 2.17. The fourth-order valence-corrected chi connectivity index (χ4v) is 1.85. The molecule has 2 rings (SSSR count). The standard InChI is InChI=1S/C11H15NO/c1-8-4-3-5-9-6-10(13-2)7-12-11(8)9/h3-5,10,12H,6-7H2,1-2H3. The molecule has 70 valence electrons. The largest absolute Gasteiger partial charge is 0.382 e. The van der Waals surface area contributed by atoms with E-state index in [1.807, 2.05) is 0 Å². The zero-order valence-electron chi connectivity index (χ0n) is 8.13. The Balaban J connectivity index is 2.31. The van der Waals surface area contributed by atoms with Gasteiger partial charge in [0.25, 0.3) is 0 Å². The van der Waals surface area contributed by atoms with Crippen molar-refractivity contribution in [1.29, 1.82) is 0 Å². The van der Waals surface area contributed by atoms with Crippen molar-refractivity contribution in [2.75, 3.05) is 19.0 Å². The van der Waals surface area contributed by atoms with E-state index in [-0.39, 0.29) is 0 Å². The summed E-state index contributed by atoms with van der Waals surface area (Å²) in [7, 11) is 1.77. The van der Waals surface area contributed by atoms with E-state index >= 15 is 0 Å². The minimum atomic E-state index is 0.328. The summed E-state index contributed by atoms with van der Waals surface area (Å²) in [6.45, 7) is 3.06. The molecule has 13 heavy (non-hydrogen) atoms. The lowest BCUT2D eigenvalue weighted by atomic mass is 9.98. The molecule has 1 aromatic rings. The summed E-state index contributed by atoms with van der Waals surface area (Å²) in [6.07, 6.45) is 1.36. The third-order valence-electron chi connectivity index (χ3n) is 2.65. The van der Waals surface area contributed by atoms with Gasteiger partial charge in [0.05, 0.1) is 6.10 Å². The monoisotopic (exact) mass is 177 g/mol. The number of rotatable bonds is 1. The van der Waals surface area contributed by atoms with Crippen molar-refractivity contribution < 1.29 is 4.74 Å². The highest BCUT2D eigenvalue weighted by atomic mass is 16.5. The first-order chi connectivity index (χ1) is 6.31. The molecule has 0 aromatic heterocycles. The van der Waals surface area contributed by atoms with E-state index in [2.05, 4.69) is 30.4 Å². The van der Waals surface area contributed by atoms with Crippen LogP contribution in [0.2, 0.25) is 0 Å². The summed E-state index contributed by atoms with van der Waals surface area (Å²) in [5, 5.41) is 3.41. The summed E-state index contributed by atoms with van der Waals surface area (Å²) in [5.41, 5.74) is 4.00. The maximum atomic E-state index is 5.33. The van der Waals surface area contributed by atoms with Gasteiger partial charge in [0, 0.05) is 25.8 Å². The van der Waals surface area contributed by atoms with Crippen molar-refractivity contribution in [3.8, 4) is 0 Å². The Bertz CT molecular complexity index is 309. The number of hydrogen-bond donors (Lipinski definition) is 1. The Morgan fingerprint density at radius 3 is 3.08 bits per heavy atom. The van der Waals surface area contributed by atoms with Gasteiger partial charge in [0.1, 0.15) is 0 Å². The lowest BCUT2D eigenvalue weighted by Crippen LogP contribution is -2.29. The van der Waals surface area contributed by atoms with Crippen LogP contribution in [-0.4, -0.2) is 19.8 Å². The first-order valence-electron chi connectivity index (χ1n) is 4.66. The number of fused-ring (bicyclic) bond motifs is 1. The van der Waals surface area contributed by atoms with Crippen LogP contribution in [0.1, 0.15) is 11.1 Å². The predicted octanol–water partition coefficient (Wildman–Crippen LogP) is 1.98. The maximum Gasteiger partial charge on any atom is 0.0784 e. The quantitative estimate of drug-likeness (QED) is 0.708. The van der Waals surface area contributed by atoms with E-state index < -0.39 is 0 Å². The molecule has 0 amide bonds. The van der Waals surface area contributed by atoms with Gasteiger partial charge >= 0.3 is 0 Å². The molecule has 1 aliphatic heterocycles. The predicted molar refractivity (Wildman–Crippen MR) is 54.2 cm³/mol. The molecular weight excluding hydrogens is 162 g/mol. The Morgan fingerprint density at radius 2 is 2.31 bits per heavy atom. The van der Waals surface area contributed by atoms with E-state index in [0.29, 0.717) is 6.10 Å². The minimum absolute atomic E-state index is 0.328. The molecule has 1 aliphatic rings. The van der Waals surface area contributed by atoms with Gasteiger partial charge < -0.3 is 10.1 Å². The van der Waals surface area contributed by atoms with Gasteiger partial charge in [0.15, 0.2) is 0 Å². The summed E-state index contributed by atoms with van der Waals surface area (Å²) in [4.78, 5) is 0. The number of anilines is 1. The summed E-state index contributed by atoms with van der Waals surface area (Å²) in [5.74, 6) is 0. The lowest BCUT2D eigenvalue weighted by molar-refractivity contribution is 0.111. The summed E-state index contributed by atoms with van der Waals surface area (Å²) in [6, 6.07) is 6.41. The van der Waals surface area contributed by atoms with Gasteiger partial charge in [-0.1, -0.05) is 18.2 Å². The molecule has 0 radical (unpaired) electrons. The van der Waals surface area contributed by atoms with Gasteiger partial charge in [-0.3, -0.25) is 0 Å².